The number of ether oxygens (including phenoxy) is 5. The first-order chi connectivity index (χ1) is 15.3. The number of aliphatic hydroxyl groups excluding tert-OH is 3. The number of carboxylic acid groups (broad SMARTS) is 2. The van der Waals surface area contributed by atoms with Gasteiger partial charge < -0.3 is 49.2 Å². The molecule has 0 aromatic heterocycles. The highest BCUT2D eigenvalue weighted by atomic mass is 16.5. The van der Waals surface area contributed by atoms with E-state index in [4.69, 9.17) is 49.2 Å². The minimum atomic E-state index is -1.08. The number of hydrogen-bond donors (Lipinski definition) is 5. The van der Waals surface area contributed by atoms with E-state index in [9.17, 15) is 9.59 Å². The first-order valence-electron chi connectivity index (χ1n) is 10.5. The maximum atomic E-state index is 9.64. The number of carbonyl (C=O) groups is 2. The predicted octanol–water partition coefficient (Wildman–Crippen LogP) is -0.375. The molecule has 0 saturated heterocycles. The Labute approximate surface area is 190 Å². The van der Waals surface area contributed by atoms with Gasteiger partial charge in [-0.15, -0.1) is 0 Å². The summed E-state index contributed by atoms with van der Waals surface area (Å²) in [6.07, 6.45) is -0.593. The second-order valence-electron chi connectivity index (χ2n) is 6.38. The van der Waals surface area contributed by atoms with Gasteiger partial charge >= 0.3 is 11.9 Å². The van der Waals surface area contributed by atoms with Crippen molar-refractivity contribution in [3.05, 3.63) is 0 Å². The first-order valence-corrected chi connectivity index (χ1v) is 10.5. The molecule has 0 bridgehead atoms. The Balaban J connectivity index is -0.000000413. The van der Waals surface area contributed by atoms with Crippen molar-refractivity contribution in [3.8, 4) is 0 Å². The molecule has 0 amide bonds. The zero-order valence-electron chi connectivity index (χ0n) is 19.3. The summed E-state index contributed by atoms with van der Waals surface area (Å²) in [6, 6.07) is 0. The summed E-state index contributed by atoms with van der Waals surface area (Å²) in [6.45, 7) is 9.53. The van der Waals surface area contributed by atoms with Crippen molar-refractivity contribution in [1.29, 1.82) is 0 Å². The molecule has 32 heavy (non-hydrogen) atoms. The normalized spacial score (nSPS) is 10.2. The van der Waals surface area contributed by atoms with Crippen LogP contribution in [0.2, 0.25) is 0 Å². The van der Waals surface area contributed by atoms with Crippen LogP contribution < -0.4 is 0 Å². The van der Waals surface area contributed by atoms with E-state index in [1.165, 1.54) is 0 Å². The minimum Gasteiger partial charge on any atom is -0.481 e. The van der Waals surface area contributed by atoms with Crippen LogP contribution in [-0.2, 0) is 33.3 Å². The SMILES string of the molecule is CC(C)COCCOCCOCCO.O=C(O)CCC(=O)O.OCCOCCOCCO. The predicted molar refractivity (Wildman–Crippen MR) is 115 cm³/mol. The third-order valence-electron chi connectivity index (χ3n) is 2.83. The molecule has 194 valence electrons. The molecule has 12 heteroatoms. The number of aliphatic carboxylic acids is 2. The van der Waals surface area contributed by atoms with Crippen molar-refractivity contribution in [2.45, 2.75) is 26.7 Å². The summed E-state index contributed by atoms with van der Waals surface area (Å²) in [7, 11) is 0. The molecule has 0 saturated carbocycles. The van der Waals surface area contributed by atoms with Crippen molar-refractivity contribution in [2.24, 2.45) is 5.92 Å². The van der Waals surface area contributed by atoms with E-state index in [1.54, 1.807) is 0 Å². The summed E-state index contributed by atoms with van der Waals surface area (Å²) in [5.41, 5.74) is 0. The van der Waals surface area contributed by atoms with Gasteiger partial charge in [-0.1, -0.05) is 13.8 Å². The van der Waals surface area contributed by atoms with E-state index in [-0.39, 0.29) is 32.7 Å². The molecule has 0 rings (SSSR count). The Morgan fingerprint density at radius 2 is 0.844 bits per heavy atom. The zero-order chi connectivity index (χ0) is 24.9. The third-order valence-corrected chi connectivity index (χ3v) is 2.83. The second kappa shape index (κ2) is 31.8. The van der Waals surface area contributed by atoms with E-state index in [1.807, 2.05) is 0 Å². The quantitative estimate of drug-likeness (QED) is 0.145. The van der Waals surface area contributed by atoms with Gasteiger partial charge in [-0.25, -0.2) is 0 Å². The molecular formula is C20H42O12. The molecule has 12 nitrogen and oxygen atoms in total. The number of rotatable bonds is 20. The molecule has 0 spiro atoms. The maximum absolute atomic E-state index is 9.64. The van der Waals surface area contributed by atoms with Crippen LogP contribution in [0.1, 0.15) is 26.7 Å². The van der Waals surface area contributed by atoms with E-state index < -0.39 is 11.9 Å². The van der Waals surface area contributed by atoms with Crippen LogP contribution >= 0.6 is 0 Å². The van der Waals surface area contributed by atoms with Gasteiger partial charge in [-0.05, 0) is 5.92 Å². The molecule has 0 unspecified atom stereocenters. The minimum absolute atomic E-state index is 0.0417. The smallest absolute Gasteiger partial charge is 0.303 e. The Hall–Kier alpha value is -1.38. The lowest BCUT2D eigenvalue weighted by molar-refractivity contribution is -0.143. The van der Waals surface area contributed by atoms with Gasteiger partial charge in [-0.3, -0.25) is 9.59 Å². The van der Waals surface area contributed by atoms with Crippen molar-refractivity contribution >= 4 is 11.9 Å². The number of hydrogen-bond acceptors (Lipinski definition) is 10. The highest BCUT2D eigenvalue weighted by Crippen LogP contribution is 1.91. The van der Waals surface area contributed by atoms with Gasteiger partial charge in [-0.2, -0.15) is 0 Å². The van der Waals surface area contributed by atoms with Crippen LogP contribution in [0, 0.1) is 5.92 Å². The lowest BCUT2D eigenvalue weighted by Crippen LogP contribution is -2.12. The molecule has 0 aliphatic rings. The number of aliphatic hydroxyl groups is 3. The molecule has 5 N–H and O–H groups in total. The van der Waals surface area contributed by atoms with Gasteiger partial charge in [0.25, 0.3) is 0 Å². The van der Waals surface area contributed by atoms with Crippen LogP contribution in [0.25, 0.3) is 0 Å². The van der Waals surface area contributed by atoms with Crippen LogP contribution in [0.5, 0.6) is 0 Å². The molecule has 0 heterocycles. The van der Waals surface area contributed by atoms with Gasteiger partial charge in [0, 0.05) is 6.61 Å². The second-order valence-corrected chi connectivity index (χ2v) is 6.38. The largest absolute Gasteiger partial charge is 0.481 e. The first kappa shape index (κ1) is 35.2. The van der Waals surface area contributed by atoms with Gasteiger partial charge in [0.15, 0.2) is 0 Å². The summed E-state index contributed by atoms with van der Waals surface area (Å²) >= 11 is 0. The standard InChI is InChI=1S/C10H22O4.C6H14O4.C4H6O4/c1-10(2)9-14-8-7-13-6-5-12-4-3-11;7-1-3-9-5-6-10-4-2-8;5-3(6)1-2-4(7)8/h10-11H,3-9H2,1-2H3;7-8H,1-6H2;1-2H2,(H,5,6)(H,7,8). The Kier molecular flexibility index (Phi) is 35.0. The van der Waals surface area contributed by atoms with Crippen LogP contribution in [-0.4, -0.2) is 123 Å². The molecule has 0 radical (unpaired) electrons. The Morgan fingerprint density at radius 3 is 1.09 bits per heavy atom. The molecule has 0 fully saturated rings. The van der Waals surface area contributed by atoms with Crippen molar-refractivity contribution in [1.82, 2.24) is 0 Å². The monoisotopic (exact) mass is 474 g/mol. The Morgan fingerprint density at radius 1 is 0.562 bits per heavy atom. The highest BCUT2D eigenvalue weighted by Gasteiger charge is 2.00. The topological polar surface area (TPSA) is 181 Å². The fourth-order valence-electron chi connectivity index (χ4n) is 1.49. The van der Waals surface area contributed by atoms with Gasteiger partial charge in [0.2, 0.25) is 0 Å². The van der Waals surface area contributed by atoms with Crippen molar-refractivity contribution in [2.75, 3.05) is 85.9 Å². The van der Waals surface area contributed by atoms with Crippen molar-refractivity contribution in [3.63, 3.8) is 0 Å². The zero-order valence-corrected chi connectivity index (χ0v) is 19.3. The molecule has 0 aromatic carbocycles. The molecule has 0 aliphatic heterocycles. The van der Waals surface area contributed by atoms with Crippen LogP contribution in [0.3, 0.4) is 0 Å². The average molecular weight is 475 g/mol. The molecule has 0 aliphatic carbocycles. The lowest BCUT2D eigenvalue weighted by atomic mass is 10.2. The average Bonchev–Trinajstić information content (AvgIpc) is 2.74. The number of carboxylic acids is 2. The van der Waals surface area contributed by atoms with E-state index >= 15 is 0 Å². The lowest BCUT2D eigenvalue weighted by Gasteiger charge is -2.07. The van der Waals surface area contributed by atoms with E-state index in [0.717, 1.165) is 6.61 Å². The van der Waals surface area contributed by atoms with Crippen LogP contribution in [0.4, 0.5) is 0 Å². The van der Waals surface area contributed by atoms with Crippen molar-refractivity contribution < 1.29 is 58.8 Å². The highest BCUT2D eigenvalue weighted by molar-refractivity contribution is 5.75. The van der Waals surface area contributed by atoms with Gasteiger partial charge in [0.1, 0.15) is 0 Å². The van der Waals surface area contributed by atoms with E-state index in [2.05, 4.69) is 13.8 Å². The fraction of sp³-hybridized carbons (Fsp3) is 0.900. The van der Waals surface area contributed by atoms with E-state index in [0.29, 0.717) is 65.4 Å². The summed E-state index contributed by atoms with van der Waals surface area (Å²) in [4.78, 5) is 19.3. The molecular weight excluding hydrogens is 432 g/mol. The fourth-order valence-corrected chi connectivity index (χ4v) is 1.49. The summed E-state index contributed by atoms with van der Waals surface area (Å²) in [5.74, 6) is -1.58. The van der Waals surface area contributed by atoms with Crippen LogP contribution in [0.15, 0.2) is 0 Å². The molecule has 0 atom stereocenters. The summed E-state index contributed by atoms with van der Waals surface area (Å²) in [5, 5.41) is 40.7. The third kappa shape index (κ3) is 46.7. The maximum Gasteiger partial charge on any atom is 0.303 e. The Bertz CT molecular complexity index is 358. The molecule has 0 aromatic rings. The van der Waals surface area contributed by atoms with Gasteiger partial charge in [0.05, 0.1) is 92.1 Å². The summed E-state index contributed by atoms with van der Waals surface area (Å²) < 4.78 is 25.3.